The lowest BCUT2D eigenvalue weighted by atomic mass is 10.0. The number of carbonyl (C=O) groups excluding carboxylic acids is 1. The minimum atomic E-state index is -0.488. The van der Waals surface area contributed by atoms with Gasteiger partial charge in [-0.1, -0.05) is 35.3 Å². The summed E-state index contributed by atoms with van der Waals surface area (Å²) in [4.78, 5) is 21.4. The number of anilines is 1. The zero-order valence-electron chi connectivity index (χ0n) is 16.7. The molecule has 0 aliphatic rings. The number of halogens is 3. The van der Waals surface area contributed by atoms with E-state index in [1.165, 1.54) is 0 Å². The lowest BCUT2D eigenvalue weighted by Gasteiger charge is -2.25. The van der Waals surface area contributed by atoms with E-state index < -0.39 is 12.0 Å². The summed E-state index contributed by atoms with van der Waals surface area (Å²) in [5, 5.41) is 4.55. The van der Waals surface area contributed by atoms with Crippen LogP contribution in [0.4, 0.5) is 5.69 Å². The molecular formula is C21H21BrCl2N4O2. The van der Waals surface area contributed by atoms with Crippen LogP contribution >= 0.6 is 39.1 Å². The molecule has 1 aromatic carbocycles. The summed E-state index contributed by atoms with van der Waals surface area (Å²) < 4.78 is 7.77. The van der Waals surface area contributed by atoms with Crippen LogP contribution in [0.3, 0.4) is 0 Å². The van der Waals surface area contributed by atoms with Crippen molar-refractivity contribution in [2.45, 2.75) is 32.9 Å². The van der Waals surface area contributed by atoms with Crippen LogP contribution in [-0.4, -0.2) is 27.1 Å². The zero-order chi connectivity index (χ0) is 21.8. The Hall–Kier alpha value is -2.09. The Morgan fingerprint density at radius 2 is 1.90 bits per heavy atom. The number of hydrogen-bond acceptors (Lipinski definition) is 5. The molecule has 0 radical (unpaired) electrons. The molecule has 0 fully saturated rings. The highest BCUT2D eigenvalue weighted by Gasteiger charge is 2.31. The van der Waals surface area contributed by atoms with E-state index in [-0.39, 0.29) is 18.3 Å². The van der Waals surface area contributed by atoms with E-state index in [4.69, 9.17) is 27.9 Å². The summed E-state index contributed by atoms with van der Waals surface area (Å²) in [6.45, 7) is 6.05. The maximum absolute atomic E-state index is 12.7. The lowest BCUT2D eigenvalue weighted by Crippen LogP contribution is -2.22. The van der Waals surface area contributed by atoms with Crippen molar-refractivity contribution in [2.75, 3.05) is 11.9 Å². The molecule has 0 aliphatic heterocycles. The largest absolute Gasteiger partial charge is 0.461 e. The van der Waals surface area contributed by atoms with Crippen LogP contribution < -0.4 is 5.32 Å². The monoisotopic (exact) mass is 510 g/mol. The average Bonchev–Trinajstić information content (AvgIpc) is 3.04. The van der Waals surface area contributed by atoms with Gasteiger partial charge in [-0.3, -0.25) is 4.98 Å². The topological polar surface area (TPSA) is 69.0 Å². The van der Waals surface area contributed by atoms with Crippen molar-refractivity contribution in [1.29, 1.82) is 0 Å². The molecule has 6 nitrogen and oxygen atoms in total. The number of hydrogen-bond donors (Lipinski definition) is 1. The molecule has 2 heterocycles. The van der Waals surface area contributed by atoms with Gasteiger partial charge < -0.3 is 14.6 Å². The van der Waals surface area contributed by atoms with Crippen LogP contribution in [0.1, 0.15) is 54.6 Å². The van der Waals surface area contributed by atoms with E-state index in [1.807, 2.05) is 30.5 Å². The molecule has 3 rings (SSSR count). The van der Waals surface area contributed by atoms with Gasteiger partial charge in [-0.2, -0.15) is 0 Å². The van der Waals surface area contributed by atoms with Crippen LogP contribution in [-0.2, 0) is 4.74 Å². The third-order valence-corrected chi connectivity index (χ3v) is 5.40. The van der Waals surface area contributed by atoms with E-state index in [0.29, 0.717) is 26.2 Å². The highest BCUT2D eigenvalue weighted by molar-refractivity contribution is 9.10. The van der Waals surface area contributed by atoms with E-state index in [9.17, 15) is 4.79 Å². The van der Waals surface area contributed by atoms with Crippen LogP contribution in [0.2, 0.25) is 10.0 Å². The molecule has 0 amide bonds. The molecule has 1 unspecified atom stereocenters. The van der Waals surface area contributed by atoms with Crippen molar-refractivity contribution >= 4 is 50.8 Å². The Kier molecular flexibility index (Phi) is 7.39. The van der Waals surface area contributed by atoms with Gasteiger partial charge in [0.25, 0.3) is 0 Å². The molecule has 0 aliphatic carbocycles. The number of rotatable bonds is 7. The molecule has 0 spiro atoms. The number of carbonyl (C=O) groups is 1. The summed E-state index contributed by atoms with van der Waals surface area (Å²) in [5.74, 6) is -0.488. The number of nitrogens with one attached hydrogen (secondary N) is 1. The van der Waals surface area contributed by atoms with E-state index in [2.05, 4.69) is 31.2 Å². The van der Waals surface area contributed by atoms with Crippen LogP contribution in [0.25, 0.3) is 0 Å². The third kappa shape index (κ3) is 4.96. The SMILES string of the molecule is CCOC(=O)c1nc(Br)n(C(C)C)c1C(Nc1cncc(Cl)c1)c1ccc(Cl)cc1. The molecule has 9 heteroatoms. The first-order chi connectivity index (χ1) is 14.3. The molecule has 1 atom stereocenters. The normalized spacial score (nSPS) is 12.1. The molecular weight excluding hydrogens is 491 g/mol. The van der Waals surface area contributed by atoms with Gasteiger partial charge in [0, 0.05) is 17.3 Å². The number of aromatic nitrogens is 3. The Morgan fingerprint density at radius 1 is 1.20 bits per heavy atom. The van der Waals surface area contributed by atoms with Crippen molar-refractivity contribution in [1.82, 2.24) is 14.5 Å². The first-order valence-electron chi connectivity index (χ1n) is 9.39. The smallest absolute Gasteiger partial charge is 0.358 e. The molecule has 0 bridgehead atoms. The van der Waals surface area contributed by atoms with Gasteiger partial charge in [-0.25, -0.2) is 9.78 Å². The Balaban J connectivity index is 2.21. The molecule has 158 valence electrons. The number of imidazole rings is 1. The predicted molar refractivity (Wildman–Crippen MR) is 122 cm³/mol. The molecule has 1 N–H and O–H groups in total. The standard InChI is InChI=1S/C21H21BrCl2N4O2/c1-4-30-20(29)18-19(28(12(2)3)21(22)27-18)17(13-5-7-14(23)8-6-13)26-16-9-15(24)10-25-11-16/h5-12,17,26H,4H2,1-3H3. The predicted octanol–water partition coefficient (Wildman–Crippen LogP) is 6.31. The third-order valence-electron chi connectivity index (χ3n) is 4.38. The molecule has 3 aromatic rings. The maximum Gasteiger partial charge on any atom is 0.358 e. The van der Waals surface area contributed by atoms with Crippen LogP contribution in [0.5, 0.6) is 0 Å². The second-order valence-electron chi connectivity index (χ2n) is 6.82. The second-order valence-corrected chi connectivity index (χ2v) is 8.40. The Bertz CT molecular complexity index is 1040. The van der Waals surface area contributed by atoms with Crippen molar-refractivity contribution in [3.05, 3.63) is 74.5 Å². The van der Waals surface area contributed by atoms with Gasteiger partial charge >= 0.3 is 5.97 Å². The van der Waals surface area contributed by atoms with Gasteiger partial charge in [0.1, 0.15) is 0 Å². The quantitative estimate of drug-likeness (QED) is 0.376. The minimum Gasteiger partial charge on any atom is -0.461 e. The van der Waals surface area contributed by atoms with E-state index in [0.717, 1.165) is 5.56 Å². The van der Waals surface area contributed by atoms with Crippen molar-refractivity contribution < 1.29 is 9.53 Å². The van der Waals surface area contributed by atoms with Gasteiger partial charge in [0.15, 0.2) is 10.4 Å². The number of ether oxygens (including phenoxy) is 1. The lowest BCUT2D eigenvalue weighted by molar-refractivity contribution is 0.0518. The highest BCUT2D eigenvalue weighted by Crippen LogP contribution is 2.34. The first kappa shape index (κ1) is 22.6. The number of nitrogens with zero attached hydrogens (tertiary/aromatic N) is 3. The first-order valence-corrected chi connectivity index (χ1v) is 10.9. The van der Waals surface area contributed by atoms with Crippen molar-refractivity contribution in [2.24, 2.45) is 0 Å². The van der Waals surface area contributed by atoms with Gasteiger partial charge in [-0.05, 0) is 60.5 Å². The van der Waals surface area contributed by atoms with Crippen molar-refractivity contribution in [3.8, 4) is 0 Å². The zero-order valence-corrected chi connectivity index (χ0v) is 19.8. The Morgan fingerprint density at radius 3 is 2.50 bits per heavy atom. The number of esters is 1. The molecule has 30 heavy (non-hydrogen) atoms. The fourth-order valence-electron chi connectivity index (χ4n) is 3.16. The second kappa shape index (κ2) is 9.81. The summed E-state index contributed by atoms with van der Waals surface area (Å²) in [6, 6.07) is 8.76. The Labute approximate surface area is 193 Å². The summed E-state index contributed by atoms with van der Waals surface area (Å²) in [6.07, 6.45) is 3.23. The number of benzene rings is 1. The summed E-state index contributed by atoms with van der Waals surface area (Å²) in [7, 11) is 0. The molecule has 0 saturated carbocycles. The highest BCUT2D eigenvalue weighted by atomic mass is 79.9. The summed E-state index contributed by atoms with van der Waals surface area (Å²) >= 11 is 15.7. The van der Waals surface area contributed by atoms with Crippen LogP contribution in [0.15, 0.2) is 47.5 Å². The van der Waals surface area contributed by atoms with Gasteiger partial charge in [0.05, 0.1) is 35.2 Å². The number of pyridine rings is 1. The molecule has 2 aromatic heterocycles. The minimum absolute atomic E-state index is 0.0270. The maximum atomic E-state index is 12.7. The van der Waals surface area contributed by atoms with E-state index in [1.54, 1.807) is 37.5 Å². The summed E-state index contributed by atoms with van der Waals surface area (Å²) in [5.41, 5.74) is 2.49. The average molecular weight is 512 g/mol. The van der Waals surface area contributed by atoms with Crippen molar-refractivity contribution in [3.63, 3.8) is 0 Å². The fraction of sp³-hybridized carbons (Fsp3) is 0.286. The van der Waals surface area contributed by atoms with Crippen LogP contribution in [0, 0.1) is 0 Å². The van der Waals surface area contributed by atoms with E-state index >= 15 is 0 Å². The fourth-order valence-corrected chi connectivity index (χ4v) is 4.23. The van der Waals surface area contributed by atoms with Gasteiger partial charge in [0.2, 0.25) is 0 Å². The molecule has 0 saturated heterocycles. The van der Waals surface area contributed by atoms with Gasteiger partial charge in [-0.15, -0.1) is 0 Å².